The molecule has 15 nitrogen and oxygen atoms in total. The third-order valence-electron chi connectivity index (χ3n) is 7.15. The van der Waals surface area contributed by atoms with Gasteiger partial charge < -0.3 is 69.7 Å². The molecule has 3 heterocycles. The van der Waals surface area contributed by atoms with Gasteiger partial charge >= 0.3 is 0 Å². The van der Waals surface area contributed by atoms with Gasteiger partial charge in [-0.25, -0.2) is 0 Å². The second-order valence-corrected chi connectivity index (χ2v) is 9.82. The zero-order valence-electron chi connectivity index (χ0n) is 21.0. The van der Waals surface area contributed by atoms with Crippen molar-refractivity contribution >= 4 is 11.0 Å². The lowest BCUT2D eigenvalue weighted by Crippen LogP contribution is -2.60. The summed E-state index contributed by atoms with van der Waals surface area (Å²) >= 11 is 0. The second kappa shape index (κ2) is 11.1. The van der Waals surface area contributed by atoms with Crippen LogP contribution >= 0.6 is 0 Å². The highest BCUT2D eigenvalue weighted by Crippen LogP contribution is 2.45. The quantitative estimate of drug-likeness (QED) is 0.150. The SMILES string of the molecule is O=c1cc(-c2ccc(O)c(O)c2)oc2c([C@H]3O[C@@H](CO)[C@H](O)[C@@H](O)[C@@H]3O[C@H]3OC[C@@H](O)[C@@H](O)[C@@H]3O)c(O)cc(O)c12. The summed E-state index contributed by atoms with van der Waals surface area (Å²) in [6.45, 7) is -1.28. The maximum Gasteiger partial charge on any atom is 0.197 e. The molecule has 3 aromatic rings. The molecule has 2 aliphatic rings. The maximum absolute atomic E-state index is 13.1. The van der Waals surface area contributed by atoms with Crippen LogP contribution in [-0.4, -0.2) is 113 Å². The number of ether oxygens (including phenoxy) is 3. The molecule has 2 aromatic carbocycles. The van der Waals surface area contributed by atoms with Crippen LogP contribution in [0.2, 0.25) is 0 Å². The summed E-state index contributed by atoms with van der Waals surface area (Å²) in [4.78, 5) is 13.1. The van der Waals surface area contributed by atoms with Gasteiger partial charge in [0.05, 0.1) is 18.8 Å². The number of hydrogen-bond donors (Lipinski definition) is 10. The first-order valence-corrected chi connectivity index (χ1v) is 12.4. The molecule has 15 heteroatoms. The molecule has 222 valence electrons. The molecular formula is C26H28O15. The highest BCUT2D eigenvalue weighted by atomic mass is 16.7. The Hall–Kier alpha value is -3.51. The summed E-state index contributed by atoms with van der Waals surface area (Å²) in [7, 11) is 0. The van der Waals surface area contributed by atoms with Crippen LogP contribution in [0.3, 0.4) is 0 Å². The van der Waals surface area contributed by atoms with Crippen LogP contribution < -0.4 is 5.43 Å². The van der Waals surface area contributed by atoms with Gasteiger partial charge in [-0.2, -0.15) is 0 Å². The molecule has 5 rings (SSSR count). The molecule has 9 atom stereocenters. The number of phenols is 4. The largest absolute Gasteiger partial charge is 0.507 e. The molecule has 0 spiro atoms. The van der Waals surface area contributed by atoms with Crippen molar-refractivity contribution in [1.82, 2.24) is 0 Å². The van der Waals surface area contributed by atoms with Crippen molar-refractivity contribution in [2.45, 2.75) is 55.1 Å². The van der Waals surface area contributed by atoms with Gasteiger partial charge in [0.1, 0.15) is 71.5 Å². The van der Waals surface area contributed by atoms with E-state index in [9.17, 15) is 55.9 Å². The highest BCUT2D eigenvalue weighted by Gasteiger charge is 2.50. The summed E-state index contributed by atoms with van der Waals surface area (Å²) in [5.74, 6) is -2.57. The lowest BCUT2D eigenvalue weighted by molar-refractivity contribution is -0.325. The summed E-state index contributed by atoms with van der Waals surface area (Å²) in [5.41, 5.74) is -1.53. The molecule has 0 aliphatic carbocycles. The van der Waals surface area contributed by atoms with Gasteiger partial charge in [0.15, 0.2) is 28.8 Å². The molecule has 0 amide bonds. The standard InChI is InChI=1S/C26H28O15/c27-6-16-20(35)21(36)25(41-26-22(37)19(34)14(33)7-38-26)24(40-16)18-12(31)4-11(30)17-13(32)5-15(39-23(17)18)8-1-2-9(28)10(29)3-8/h1-5,14,16,19-22,24-31,33-37H,6-7H2/t14-,16+,19-,20+,21-,22+,24-,25+,26-/m1/s1. The Balaban J connectivity index is 1.67. The van der Waals surface area contributed by atoms with E-state index in [2.05, 4.69) is 0 Å². The Morgan fingerprint density at radius 1 is 0.829 bits per heavy atom. The zero-order chi connectivity index (χ0) is 29.7. The summed E-state index contributed by atoms with van der Waals surface area (Å²) in [5, 5.41) is 102. The predicted molar refractivity (Wildman–Crippen MR) is 134 cm³/mol. The Bertz CT molecular complexity index is 1490. The van der Waals surface area contributed by atoms with Crippen molar-refractivity contribution in [3.63, 3.8) is 0 Å². The van der Waals surface area contributed by atoms with Crippen LogP contribution in [0.5, 0.6) is 23.0 Å². The Kier molecular flexibility index (Phi) is 7.82. The predicted octanol–water partition coefficient (Wildman–Crippen LogP) is -1.74. The van der Waals surface area contributed by atoms with Crippen molar-refractivity contribution in [2.24, 2.45) is 0 Å². The molecular weight excluding hydrogens is 552 g/mol. The molecule has 2 fully saturated rings. The average Bonchev–Trinajstić information content (AvgIpc) is 2.93. The molecule has 0 bridgehead atoms. The fraction of sp³-hybridized carbons (Fsp3) is 0.423. The minimum absolute atomic E-state index is 0.111. The molecule has 2 aliphatic heterocycles. The molecule has 2 saturated heterocycles. The smallest absolute Gasteiger partial charge is 0.197 e. The van der Waals surface area contributed by atoms with E-state index in [-0.39, 0.29) is 16.9 Å². The van der Waals surface area contributed by atoms with E-state index in [1.165, 1.54) is 6.07 Å². The number of aliphatic hydroxyl groups is 6. The molecule has 0 radical (unpaired) electrons. The number of hydrogen-bond acceptors (Lipinski definition) is 15. The number of fused-ring (bicyclic) bond motifs is 1. The summed E-state index contributed by atoms with van der Waals surface area (Å²) < 4.78 is 22.6. The monoisotopic (exact) mass is 580 g/mol. The van der Waals surface area contributed by atoms with E-state index in [0.29, 0.717) is 0 Å². The summed E-state index contributed by atoms with van der Waals surface area (Å²) in [6.07, 6.45) is -15.1. The molecule has 41 heavy (non-hydrogen) atoms. The fourth-order valence-corrected chi connectivity index (χ4v) is 4.94. The van der Waals surface area contributed by atoms with E-state index in [4.69, 9.17) is 18.6 Å². The Morgan fingerprint density at radius 3 is 2.24 bits per heavy atom. The first kappa shape index (κ1) is 29.0. The first-order chi connectivity index (χ1) is 19.4. The van der Waals surface area contributed by atoms with Gasteiger partial charge in [0, 0.05) is 17.7 Å². The minimum Gasteiger partial charge on any atom is -0.507 e. The lowest BCUT2D eigenvalue weighted by Gasteiger charge is -2.45. The number of phenolic OH excluding ortho intramolecular Hbond substituents is 4. The van der Waals surface area contributed by atoms with Gasteiger partial charge in [-0.05, 0) is 18.2 Å². The van der Waals surface area contributed by atoms with Crippen LogP contribution in [0, 0.1) is 0 Å². The normalized spacial score (nSPS) is 32.3. The van der Waals surface area contributed by atoms with Gasteiger partial charge in [-0.3, -0.25) is 4.79 Å². The number of benzene rings is 2. The van der Waals surface area contributed by atoms with Crippen molar-refractivity contribution < 1.29 is 69.7 Å². The van der Waals surface area contributed by atoms with Gasteiger partial charge in [-0.15, -0.1) is 0 Å². The van der Waals surface area contributed by atoms with Gasteiger partial charge in [0.2, 0.25) is 0 Å². The van der Waals surface area contributed by atoms with Crippen molar-refractivity contribution in [3.8, 4) is 34.3 Å². The molecule has 10 N–H and O–H groups in total. The van der Waals surface area contributed by atoms with Crippen LogP contribution in [-0.2, 0) is 14.2 Å². The van der Waals surface area contributed by atoms with Gasteiger partial charge in [0.25, 0.3) is 0 Å². The fourth-order valence-electron chi connectivity index (χ4n) is 4.94. The van der Waals surface area contributed by atoms with E-state index in [0.717, 1.165) is 24.3 Å². The van der Waals surface area contributed by atoms with Crippen molar-refractivity contribution in [3.05, 3.63) is 46.1 Å². The first-order valence-electron chi connectivity index (χ1n) is 12.4. The highest BCUT2D eigenvalue weighted by molar-refractivity contribution is 5.89. The van der Waals surface area contributed by atoms with Crippen LogP contribution in [0.1, 0.15) is 11.7 Å². The number of aromatic hydroxyl groups is 4. The van der Waals surface area contributed by atoms with Gasteiger partial charge in [-0.1, -0.05) is 0 Å². The van der Waals surface area contributed by atoms with Crippen molar-refractivity contribution in [1.29, 1.82) is 0 Å². The Morgan fingerprint density at radius 2 is 1.56 bits per heavy atom. The van der Waals surface area contributed by atoms with E-state index in [1.54, 1.807) is 0 Å². The molecule has 0 unspecified atom stereocenters. The topological polar surface area (TPSA) is 260 Å². The van der Waals surface area contributed by atoms with Crippen LogP contribution in [0.15, 0.2) is 39.5 Å². The zero-order valence-corrected chi connectivity index (χ0v) is 21.0. The average molecular weight is 580 g/mol. The summed E-state index contributed by atoms with van der Waals surface area (Å²) in [6, 6.07) is 5.33. The van der Waals surface area contributed by atoms with E-state index in [1.807, 2.05) is 0 Å². The third kappa shape index (κ3) is 5.07. The second-order valence-electron chi connectivity index (χ2n) is 9.82. The molecule has 1 aromatic heterocycles. The minimum atomic E-state index is -1.88. The molecule has 0 saturated carbocycles. The van der Waals surface area contributed by atoms with E-state index < -0.39 is 108 Å². The van der Waals surface area contributed by atoms with Crippen molar-refractivity contribution in [2.75, 3.05) is 13.2 Å². The lowest BCUT2D eigenvalue weighted by atomic mass is 9.89. The number of rotatable bonds is 5. The Labute approximate surface area is 229 Å². The maximum atomic E-state index is 13.1. The number of aliphatic hydroxyl groups excluding tert-OH is 6. The third-order valence-corrected chi connectivity index (χ3v) is 7.15. The van der Waals surface area contributed by atoms with Crippen LogP contribution in [0.25, 0.3) is 22.3 Å². The van der Waals surface area contributed by atoms with E-state index >= 15 is 0 Å². The van der Waals surface area contributed by atoms with Crippen LogP contribution in [0.4, 0.5) is 0 Å².